The van der Waals surface area contributed by atoms with E-state index in [0.29, 0.717) is 17.8 Å². The Morgan fingerprint density at radius 1 is 0.963 bits per heavy atom. The van der Waals surface area contributed by atoms with Crippen molar-refractivity contribution in [3.05, 3.63) is 70.8 Å². The Balaban J connectivity index is 1.76. The first kappa shape index (κ1) is 18.3. The summed E-state index contributed by atoms with van der Waals surface area (Å²) in [7, 11) is 0. The molecule has 0 radical (unpaired) electrons. The number of rotatable bonds is 3. The molecule has 142 valence electrons. The molecule has 0 saturated heterocycles. The molecule has 4 atom stereocenters. The molecule has 1 N–H and O–H groups in total. The number of hydrogen-bond donors (Lipinski definition) is 1. The number of aliphatic hydroxyl groups is 1. The minimum absolute atomic E-state index is 0.232. The van der Waals surface area contributed by atoms with Gasteiger partial charge in [-0.15, -0.1) is 0 Å². The van der Waals surface area contributed by atoms with E-state index in [1.165, 1.54) is 12.8 Å². The molecular formula is C25H30O2. The third-order valence-corrected chi connectivity index (χ3v) is 6.34. The van der Waals surface area contributed by atoms with E-state index in [0.717, 1.165) is 34.4 Å². The van der Waals surface area contributed by atoms with Crippen LogP contribution in [-0.2, 0) is 4.74 Å². The highest BCUT2D eigenvalue weighted by Gasteiger charge is 2.34. The normalized spacial score (nSPS) is 27.4. The lowest BCUT2D eigenvalue weighted by molar-refractivity contribution is 0.0264. The van der Waals surface area contributed by atoms with Gasteiger partial charge in [0.1, 0.15) is 18.0 Å². The molecule has 0 heterocycles. The summed E-state index contributed by atoms with van der Waals surface area (Å²) in [6.07, 6.45) is 5.36. The van der Waals surface area contributed by atoms with Gasteiger partial charge in [0.25, 0.3) is 0 Å². The maximum absolute atomic E-state index is 11.0. The quantitative estimate of drug-likeness (QED) is 0.719. The lowest BCUT2D eigenvalue weighted by atomic mass is 9.75. The maximum atomic E-state index is 11.0. The fourth-order valence-electron chi connectivity index (χ4n) is 4.75. The molecule has 2 aromatic rings. The van der Waals surface area contributed by atoms with Crippen LogP contribution in [0.1, 0.15) is 68.4 Å². The van der Waals surface area contributed by atoms with Gasteiger partial charge in [-0.2, -0.15) is 0 Å². The molecule has 2 aromatic carbocycles. The molecule has 4 rings (SSSR count). The minimum Gasteiger partial charge on any atom is -0.489 e. The van der Waals surface area contributed by atoms with Crippen LogP contribution in [0.5, 0.6) is 0 Å². The van der Waals surface area contributed by atoms with E-state index in [1.807, 2.05) is 36.4 Å². The van der Waals surface area contributed by atoms with Gasteiger partial charge in [0, 0.05) is 5.56 Å². The Labute approximate surface area is 162 Å². The molecule has 2 unspecified atom stereocenters. The van der Waals surface area contributed by atoms with Crippen LogP contribution in [0.25, 0.3) is 11.8 Å². The molecule has 1 saturated carbocycles. The summed E-state index contributed by atoms with van der Waals surface area (Å²) < 4.78 is 6.74. The van der Waals surface area contributed by atoms with Crippen molar-refractivity contribution in [2.45, 2.75) is 52.2 Å². The lowest BCUT2D eigenvalue weighted by Gasteiger charge is -2.38. The second-order valence-electron chi connectivity index (χ2n) is 8.61. The van der Waals surface area contributed by atoms with Gasteiger partial charge >= 0.3 is 0 Å². The van der Waals surface area contributed by atoms with Gasteiger partial charge in [-0.1, -0.05) is 75.7 Å². The first-order valence-corrected chi connectivity index (χ1v) is 10.3. The summed E-state index contributed by atoms with van der Waals surface area (Å²) in [6, 6.07) is 16.2. The number of benzene rings is 2. The molecule has 0 amide bonds. The van der Waals surface area contributed by atoms with Crippen LogP contribution in [0.4, 0.5) is 0 Å². The van der Waals surface area contributed by atoms with Crippen molar-refractivity contribution >= 4 is 11.8 Å². The van der Waals surface area contributed by atoms with Crippen molar-refractivity contribution in [3.63, 3.8) is 0 Å². The van der Waals surface area contributed by atoms with Crippen molar-refractivity contribution in [2.24, 2.45) is 17.8 Å². The van der Waals surface area contributed by atoms with Gasteiger partial charge in [0.15, 0.2) is 0 Å². The predicted molar refractivity (Wildman–Crippen MR) is 111 cm³/mol. The molecule has 0 aromatic heterocycles. The number of aliphatic hydroxyl groups excluding tert-OH is 1. The van der Waals surface area contributed by atoms with Crippen LogP contribution < -0.4 is 0 Å². The van der Waals surface area contributed by atoms with Crippen molar-refractivity contribution in [3.8, 4) is 0 Å². The van der Waals surface area contributed by atoms with Crippen molar-refractivity contribution < 1.29 is 9.84 Å². The second-order valence-corrected chi connectivity index (χ2v) is 8.61. The van der Waals surface area contributed by atoms with Gasteiger partial charge in [-0.25, -0.2) is 0 Å². The van der Waals surface area contributed by atoms with Crippen LogP contribution in [0.2, 0.25) is 0 Å². The Morgan fingerprint density at radius 2 is 1.67 bits per heavy atom. The van der Waals surface area contributed by atoms with Crippen LogP contribution in [0.15, 0.2) is 48.5 Å². The minimum atomic E-state index is -0.624. The van der Waals surface area contributed by atoms with Gasteiger partial charge in [0.2, 0.25) is 0 Å². The monoisotopic (exact) mass is 362 g/mol. The van der Waals surface area contributed by atoms with E-state index >= 15 is 0 Å². The molecule has 2 aliphatic carbocycles. The third-order valence-electron chi connectivity index (χ3n) is 6.34. The summed E-state index contributed by atoms with van der Waals surface area (Å²) >= 11 is 0. The fourth-order valence-corrected chi connectivity index (χ4v) is 4.75. The molecule has 27 heavy (non-hydrogen) atoms. The SMILES string of the molecule is CC(C)[C@@H]1CC[C@@H](C)CC1OC1=Cc2ccccc2C(O)c2ccccc21. The number of hydrogen-bond acceptors (Lipinski definition) is 2. The summed E-state index contributed by atoms with van der Waals surface area (Å²) in [5, 5.41) is 11.0. The summed E-state index contributed by atoms with van der Waals surface area (Å²) in [4.78, 5) is 0. The van der Waals surface area contributed by atoms with Gasteiger partial charge in [-0.05, 0) is 53.4 Å². The molecule has 1 fully saturated rings. The zero-order valence-corrected chi connectivity index (χ0v) is 16.6. The topological polar surface area (TPSA) is 29.5 Å². The van der Waals surface area contributed by atoms with E-state index < -0.39 is 6.10 Å². The Hall–Kier alpha value is -2.06. The van der Waals surface area contributed by atoms with Crippen LogP contribution in [-0.4, -0.2) is 11.2 Å². The standard InChI is InChI=1S/C25H30O2/c1-16(2)19-13-12-17(3)14-23(19)27-24-15-18-8-4-5-9-20(18)25(26)22-11-7-6-10-21(22)24/h4-11,15-17,19,23,25-26H,12-14H2,1-3H3/t17-,19+,23?,25?/m1/s1. The second kappa shape index (κ2) is 7.52. The smallest absolute Gasteiger partial charge is 0.127 e. The molecule has 0 spiro atoms. The largest absolute Gasteiger partial charge is 0.489 e. The van der Waals surface area contributed by atoms with Crippen LogP contribution in [0.3, 0.4) is 0 Å². The Morgan fingerprint density at radius 3 is 2.44 bits per heavy atom. The number of ether oxygens (including phenoxy) is 1. The first-order chi connectivity index (χ1) is 13.0. The van der Waals surface area contributed by atoms with Crippen LogP contribution >= 0.6 is 0 Å². The first-order valence-electron chi connectivity index (χ1n) is 10.3. The van der Waals surface area contributed by atoms with Crippen molar-refractivity contribution in [1.29, 1.82) is 0 Å². The maximum Gasteiger partial charge on any atom is 0.127 e. The molecule has 2 nitrogen and oxygen atoms in total. The number of fused-ring (bicyclic) bond motifs is 2. The van der Waals surface area contributed by atoms with Crippen molar-refractivity contribution in [2.75, 3.05) is 0 Å². The Kier molecular flexibility index (Phi) is 5.10. The molecule has 0 bridgehead atoms. The van der Waals surface area contributed by atoms with Crippen LogP contribution in [0, 0.1) is 17.8 Å². The van der Waals surface area contributed by atoms with Gasteiger partial charge < -0.3 is 9.84 Å². The van der Waals surface area contributed by atoms with Gasteiger partial charge in [0.05, 0.1) is 0 Å². The van der Waals surface area contributed by atoms with E-state index in [1.54, 1.807) is 0 Å². The average Bonchev–Trinajstić information content (AvgIpc) is 2.78. The van der Waals surface area contributed by atoms with E-state index in [-0.39, 0.29) is 6.10 Å². The highest BCUT2D eigenvalue weighted by molar-refractivity contribution is 5.82. The summed E-state index contributed by atoms with van der Waals surface area (Å²) in [5.74, 6) is 2.79. The highest BCUT2D eigenvalue weighted by atomic mass is 16.5. The van der Waals surface area contributed by atoms with E-state index in [2.05, 4.69) is 39.0 Å². The summed E-state index contributed by atoms with van der Waals surface area (Å²) in [5.41, 5.74) is 3.93. The van der Waals surface area contributed by atoms with E-state index in [9.17, 15) is 5.11 Å². The van der Waals surface area contributed by atoms with Gasteiger partial charge in [-0.3, -0.25) is 0 Å². The molecule has 0 aliphatic heterocycles. The zero-order chi connectivity index (χ0) is 19.0. The summed E-state index contributed by atoms with van der Waals surface area (Å²) in [6.45, 7) is 6.96. The molecule has 2 heteroatoms. The fraction of sp³-hybridized carbons (Fsp3) is 0.440. The Bertz CT molecular complexity index is 836. The lowest BCUT2D eigenvalue weighted by Crippen LogP contribution is -2.34. The molecular weight excluding hydrogens is 332 g/mol. The third kappa shape index (κ3) is 3.55. The van der Waals surface area contributed by atoms with Crippen molar-refractivity contribution in [1.82, 2.24) is 0 Å². The molecule has 2 aliphatic rings. The van der Waals surface area contributed by atoms with E-state index in [4.69, 9.17) is 4.74 Å². The zero-order valence-electron chi connectivity index (χ0n) is 16.6. The predicted octanol–water partition coefficient (Wildman–Crippen LogP) is 6.06. The average molecular weight is 363 g/mol. The highest BCUT2D eigenvalue weighted by Crippen LogP contribution is 2.41.